The molecule has 6 heteroatoms. The largest absolute Gasteiger partial charge is 0.497 e. The molecular weight excluding hydrogens is 278 g/mol. The standard InChI is InChI=1S/C14H23NO4S/c1-10(2)20(16,17)8-7-19-14-9-12(18-4)5-6-13(14)11(3)15/h5-6,9-11H,7-8,15H2,1-4H3/t11-/m1/s1. The van der Waals surface area contributed by atoms with E-state index in [9.17, 15) is 8.42 Å². The number of sulfone groups is 1. The van der Waals surface area contributed by atoms with Gasteiger partial charge in [0.05, 0.1) is 18.1 Å². The average Bonchev–Trinajstić information content (AvgIpc) is 2.37. The van der Waals surface area contributed by atoms with Crippen LogP contribution < -0.4 is 15.2 Å². The van der Waals surface area contributed by atoms with Gasteiger partial charge >= 0.3 is 0 Å². The lowest BCUT2D eigenvalue weighted by Gasteiger charge is -2.15. The summed E-state index contributed by atoms with van der Waals surface area (Å²) in [6, 6.07) is 5.16. The summed E-state index contributed by atoms with van der Waals surface area (Å²) in [5.41, 5.74) is 6.70. The van der Waals surface area contributed by atoms with E-state index < -0.39 is 15.1 Å². The van der Waals surface area contributed by atoms with Crippen LogP contribution in [0.4, 0.5) is 0 Å². The van der Waals surface area contributed by atoms with E-state index in [0.717, 1.165) is 5.56 Å². The van der Waals surface area contributed by atoms with Gasteiger partial charge in [-0.05, 0) is 26.8 Å². The van der Waals surface area contributed by atoms with Gasteiger partial charge < -0.3 is 15.2 Å². The first kappa shape index (κ1) is 16.8. The lowest BCUT2D eigenvalue weighted by atomic mass is 10.1. The fourth-order valence-electron chi connectivity index (χ4n) is 1.65. The Kier molecular flexibility index (Phi) is 5.83. The minimum atomic E-state index is -3.10. The fraction of sp³-hybridized carbons (Fsp3) is 0.571. The van der Waals surface area contributed by atoms with Crippen molar-refractivity contribution >= 4 is 9.84 Å². The highest BCUT2D eigenvalue weighted by Gasteiger charge is 2.17. The molecule has 0 fully saturated rings. The highest BCUT2D eigenvalue weighted by Crippen LogP contribution is 2.28. The topological polar surface area (TPSA) is 78.6 Å². The van der Waals surface area contributed by atoms with E-state index in [1.54, 1.807) is 33.1 Å². The molecule has 0 amide bonds. The lowest BCUT2D eigenvalue weighted by molar-refractivity contribution is 0.331. The maximum Gasteiger partial charge on any atom is 0.155 e. The Morgan fingerprint density at radius 3 is 2.40 bits per heavy atom. The van der Waals surface area contributed by atoms with Gasteiger partial charge in [-0.3, -0.25) is 0 Å². The van der Waals surface area contributed by atoms with Gasteiger partial charge in [0, 0.05) is 17.7 Å². The number of methoxy groups -OCH3 is 1. The molecule has 5 nitrogen and oxygen atoms in total. The summed E-state index contributed by atoms with van der Waals surface area (Å²) in [5, 5.41) is -0.399. The Labute approximate surface area is 121 Å². The number of hydrogen-bond donors (Lipinski definition) is 1. The second kappa shape index (κ2) is 6.95. The summed E-state index contributed by atoms with van der Waals surface area (Å²) in [6.07, 6.45) is 0. The maximum absolute atomic E-state index is 11.7. The van der Waals surface area contributed by atoms with Crippen molar-refractivity contribution in [3.63, 3.8) is 0 Å². The first-order chi connectivity index (χ1) is 9.27. The van der Waals surface area contributed by atoms with Crippen LogP contribution in [0.5, 0.6) is 11.5 Å². The molecule has 114 valence electrons. The number of benzene rings is 1. The van der Waals surface area contributed by atoms with Crippen LogP contribution in [-0.4, -0.2) is 33.1 Å². The third-order valence-electron chi connectivity index (χ3n) is 3.05. The molecule has 1 atom stereocenters. The van der Waals surface area contributed by atoms with E-state index in [1.165, 1.54) is 0 Å². The minimum Gasteiger partial charge on any atom is -0.497 e. The van der Waals surface area contributed by atoms with Crippen LogP contribution in [0.1, 0.15) is 32.4 Å². The van der Waals surface area contributed by atoms with Gasteiger partial charge in [0.25, 0.3) is 0 Å². The quantitative estimate of drug-likeness (QED) is 0.832. The van der Waals surface area contributed by atoms with Crippen molar-refractivity contribution in [3.8, 4) is 11.5 Å². The molecule has 0 bridgehead atoms. The van der Waals surface area contributed by atoms with Crippen LogP contribution in [-0.2, 0) is 9.84 Å². The number of rotatable bonds is 7. The molecular formula is C14H23NO4S. The molecule has 2 N–H and O–H groups in total. The third-order valence-corrected chi connectivity index (χ3v) is 5.23. The molecule has 0 heterocycles. The summed E-state index contributed by atoms with van der Waals surface area (Å²) in [7, 11) is -1.54. The molecule has 20 heavy (non-hydrogen) atoms. The second-order valence-corrected chi connectivity index (χ2v) is 7.63. The number of nitrogens with two attached hydrogens (primary N) is 1. The van der Waals surface area contributed by atoms with Crippen molar-refractivity contribution in [3.05, 3.63) is 23.8 Å². The van der Waals surface area contributed by atoms with E-state index in [2.05, 4.69) is 0 Å². The molecule has 0 spiro atoms. The first-order valence-corrected chi connectivity index (χ1v) is 8.27. The zero-order valence-corrected chi connectivity index (χ0v) is 13.2. The summed E-state index contributed by atoms with van der Waals surface area (Å²) in [5.74, 6) is 1.20. The molecule has 0 saturated carbocycles. The molecule has 0 radical (unpaired) electrons. The number of hydrogen-bond acceptors (Lipinski definition) is 5. The Bertz CT molecular complexity index is 538. The van der Waals surface area contributed by atoms with E-state index in [1.807, 2.05) is 13.0 Å². The smallest absolute Gasteiger partial charge is 0.155 e. The summed E-state index contributed by atoms with van der Waals surface area (Å²) in [4.78, 5) is 0. The van der Waals surface area contributed by atoms with Gasteiger partial charge in [-0.2, -0.15) is 0 Å². The van der Waals surface area contributed by atoms with Crippen LogP contribution in [0.2, 0.25) is 0 Å². The van der Waals surface area contributed by atoms with Gasteiger partial charge in [-0.15, -0.1) is 0 Å². The highest BCUT2D eigenvalue weighted by atomic mass is 32.2. The monoisotopic (exact) mass is 301 g/mol. The van der Waals surface area contributed by atoms with Crippen molar-refractivity contribution in [2.75, 3.05) is 19.5 Å². The molecule has 0 aliphatic rings. The SMILES string of the molecule is COc1ccc([C@@H](C)N)c(OCCS(=O)(=O)C(C)C)c1. The normalized spacial score (nSPS) is 13.3. The zero-order chi connectivity index (χ0) is 15.3. The number of ether oxygens (including phenoxy) is 2. The molecule has 0 unspecified atom stereocenters. The van der Waals surface area contributed by atoms with E-state index in [4.69, 9.17) is 15.2 Å². The molecule has 1 aromatic rings. The minimum absolute atomic E-state index is 0.0136. The predicted octanol–water partition coefficient (Wildman–Crippen LogP) is 1.92. The molecule has 0 aliphatic carbocycles. The van der Waals surface area contributed by atoms with Crippen LogP contribution in [0.25, 0.3) is 0 Å². The summed E-state index contributed by atoms with van der Waals surface area (Å²) >= 11 is 0. The third kappa shape index (κ3) is 4.38. The molecule has 1 rings (SSSR count). The van der Waals surface area contributed by atoms with Crippen LogP contribution in [0.15, 0.2) is 18.2 Å². The van der Waals surface area contributed by atoms with Crippen molar-refractivity contribution in [2.45, 2.75) is 32.1 Å². The zero-order valence-electron chi connectivity index (χ0n) is 12.4. The average molecular weight is 301 g/mol. The van der Waals surface area contributed by atoms with E-state index >= 15 is 0 Å². The van der Waals surface area contributed by atoms with Gasteiger partial charge in [0.2, 0.25) is 0 Å². The van der Waals surface area contributed by atoms with Crippen molar-refractivity contribution in [2.24, 2.45) is 5.73 Å². The molecule has 1 aromatic carbocycles. The van der Waals surface area contributed by atoms with Crippen molar-refractivity contribution < 1.29 is 17.9 Å². The van der Waals surface area contributed by atoms with Gasteiger partial charge in [0.15, 0.2) is 9.84 Å². The Morgan fingerprint density at radius 1 is 1.25 bits per heavy atom. The van der Waals surface area contributed by atoms with Gasteiger partial charge in [-0.25, -0.2) is 8.42 Å². The Morgan fingerprint density at radius 2 is 1.90 bits per heavy atom. The van der Waals surface area contributed by atoms with Crippen LogP contribution in [0.3, 0.4) is 0 Å². The first-order valence-electron chi connectivity index (χ1n) is 6.55. The summed E-state index contributed by atoms with van der Waals surface area (Å²) < 4.78 is 34.2. The maximum atomic E-state index is 11.7. The predicted molar refractivity (Wildman–Crippen MR) is 80.0 cm³/mol. The second-order valence-electron chi connectivity index (χ2n) is 4.96. The Hall–Kier alpha value is -1.27. The molecule has 0 aliphatic heterocycles. The van der Waals surface area contributed by atoms with Crippen LogP contribution >= 0.6 is 0 Å². The Balaban J connectivity index is 2.81. The van der Waals surface area contributed by atoms with Gasteiger partial charge in [-0.1, -0.05) is 6.07 Å². The van der Waals surface area contributed by atoms with E-state index in [0.29, 0.717) is 11.5 Å². The van der Waals surface area contributed by atoms with E-state index in [-0.39, 0.29) is 18.4 Å². The fourth-order valence-corrected chi connectivity index (χ4v) is 2.43. The van der Waals surface area contributed by atoms with Crippen molar-refractivity contribution in [1.29, 1.82) is 0 Å². The molecule has 0 aromatic heterocycles. The highest BCUT2D eigenvalue weighted by molar-refractivity contribution is 7.91. The van der Waals surface area contributed by atoms with Crippen LogP contribution in [0, 0.1) is 0 Å². The lowest BCUT2D eigenvalue weighted by Crippen LogP contribution is -2.22. The van der Waals surface area contributed by atoms with Crippen molar-refractivity contribution in [1.82, 2.24) is 0 Å². The molecule has 0 saturated heterocycles. The van der Waals surface area contributed by atoms with Gasteiger partial charge in [0.1, 0.15) is 18.1 Å². The summed E-state index contributed by atoms with van der Waals surface area (Å²) in [6.45, 7) is 5.27.